The Morgan fingerprint density at radius 3 is 1.30 bits per heavy atom. The second-order valence-electron chi connectivity index (χ2n) is 8.22. The fourth-order valence-corrected chi connectivity index (χ4v) is 2.29. The van der Waals surface area contributed by atoms with Crippen molar-refractivity contribution in [2.75, 3.05) is 32.7 Å². The van der Waals surface area contributed by atoms with Crippen molar-refractivity contribution in [3.8, 4) is 0 Å². The van der Waals surface area contributed by atoms with Gasteiger partial charge in [0, 0.05) is 73.0 Å². The highest BCUT2D eigenvalue weighted by Gasteiger charge is 1.93. The lowest BCUT2D eigenvalue weighted by atomic mass is 10.2. The van der Waals surface area contributed by atoms with Gasteiger partial charge in [-0.2, -0.15) is 0 Å². The normalized spacial score (nSPS) is 8.80. The Bertz CT molecular complexity index is 864. The molecule has 2 aromatic rings. The molecule has 2 rings (SSSR count). The molecule has 3 amide bonds. The van der Waals surface area contributed by atoms with Crippen molar-refractivity contribution in [1.82, 2.24) is 16.0 Å². The number of ketones is 1. The number of nitrogens with one attached hydrogen (secondary N) is 3. The zero-order valence-electron chi connectivity index (χ0n) is 24.6. The molecule has 11 heteroatoms. The van der Waals surface area contributed by atoms with Gasteiger partial charge in [0.2, 0.25) is 17.7 Å². The van der Waals surface area contributed by atoms with E-state index in [0.29, 0.717) is 52.2 Å². The van der Waals surface area contributed by atoms with Gasteiger partial charge in [0.05, 0.1) is 0 Å². The Morgan fingerprint density at radius 2 is 1.00 bits per heavy atom. The maximum absolute atomic E-state index is 10.5. The van der Waals surface area contributed by atoms with Gasteiger partial charge in [0.25, 0.3) is 0 Å². The van der Waals surface area contributed by atoms with E-state index in [4.69, 9.17) is 22.9 Å². The molecule has 0 aliphatic carbocycles. The fourth-order valence-electron chi connectivity index (χ4n) is 2.29. The van der Waals surface area contributed by atoms with Crippen LogP contribution in [0.4, 0.5) is 0 Å². The van der Waals surface area contributed by atoms with E-state index in [-0.39, 0.29) is 23.5 Å². The minimum atomic E-state index is -0.0384. The molecular formula is C29H51N7O4. The SMILES string of the molecule is CC(=O)CCCNC(C)=O.CC(=O)NCCN.CC(=O)NCc1ccccc1.NCCN.NCc1ccccc1. The lowest BCUT2D eigenvalue weighted by molar-refractivity contribution is -0.120. The summed E-state index contributed by atoms with van der Waals surface area (Å²) in [5, 5.41) is 7.86. The van der Waals surface area contributed by atoms with Crippen LogP contribution < -0.4 is 38.9 Å². The first-order chi connectivity index (χ1) is 19.0. The summed E-state index contributed by atoms with van der Waals surface area (Å²) in [7, 11) is 0. The molecule has 0 saturated heterocycles. The van der Waals surface area contributed by atoms with Crippen molar-refractivity contribution in [3.05, 3.63) is 71.8 Å². The number of benzene rings is 2. The average molecular weight is 562 g/mol. The number of Topliss-reactive ketones (excluding diaryl/α,β-unsaturated/α-hetero) is 1. The largest absolute Gasteiger partial charge is 0.356 e. The standard InChI is InChI=1S/C9H11NO.C7H13NO2.C7H9N.C4H10N2O.C2H8N2/c1-8(11)10-7-9-5-3-2-4-6-9;1-6(9)4-3-5-8-7(2)10;8-6-7-4-2-1-3-5-7;1-4(7)6-3-2-5;3-1-2-4/h2-6H,7H2,1H3,(H,10,11);3-5H2,1-2H3,(H,8,10);1-5H,6,8H2;2-3,5H2,1H3,(H,6,7);1-4H2. The Kier molecular flexibility index (Phi) is 32.2. The van der Waals surface area contributed by atoms with Crippen LogP contribution in [0, 0.1) is 0 Å². The number of hydrogen-bond acceptors (Lipinski definition) is 8. The van der Waals surface area contributed by atoms with Crippen molar-refractivity contribution in [2.24, 2.45) is 22.9 Å². The summed E-state index contributed by atoms with van der Waals surface area (Å²) in [5.74, 6) is 0.119. The van der Waals surface area contributed by atoms with Crippen LogP contribution in [0.15, 0.2) is 60.7 Å². The van der Waals surface area contributed by atoms with Crippen LogP contribution in [0.2, 0.25) is 0 Å². The summed E-state index contributed by atoms with van der Waals surface area (Å²) in [5.41, 5.74) is 22.5. The van der Waals surface area contributed by atoms with Crippen molar-refractivity contribution >= 4 is 23.5 Å². The molecule has 0 aromatic heterocycles. The summed E-state index contributed by atoms with van der Waals surface area (Å²) in [6.07, 6.45) is 1.30. The summed E-state index contributed by atoms with van der Waals surface area (Å²) in [4.78, 5) is 41.2. The average Bonchev–Trinajstić information content (AvgIpc) is 2.95. The smallest absolute Gasteiger partial charge is 0.217 e. The predicted octanol–water partition coefficient (Wildman–Crippen LogP) is 0.945. The van der Waals surface area contributed by atoms with Crippen molar-refractivity contribution in [1.29, 1.82) is 0 Å². The molecule has 0 saturated carbocycles. The molecule has 0 heterocycles. The first-order valence-electron chi connectivity index (χ1n) is 13.1. The highest BCUT2D eigenvalue weighted by Crippen LogP contribution is 1.96. The van der Waals surface area contributed by atoms with Crippen LogP contribution in [0.25, 0.3) is 0 Å². The molecule has 0 aliphatic rings. The molecule has 0 aliphatic heterocycles. The monoisotopic (exact) mass is 561 g/mol. The van der Waals surface area contributed by atoms with Gasteiger partial charge in [-0.05, 0) is 24.5 Å². The molecule has 2 aromatic carbocycles. The molecule has 226 valence electrons. The third-order valence-electron chi connectivity index (χ3n) is 4.23. The van der Waals surface area contributed by atoms with E-state index < -0.39 is 0 Å². The van der Waals surface area contributed by atoms with Gasteiger partial charge in [-0.25, -0.2) is 0 Å². The van der Waals surface area contributed by atoms with E-state index in [0.717, 1.165) is 12.0 Å². The van der Waals surface area contributed by atoms with E-state index in [1.807, 2.05) is 60.7 Å². The van der Waals surface area contributed by atoms with E-state index in [9.17, 15) is 19.2 Å². The molecule has 0 unspecified atom stereocenters. The van der Waals surface area contributed by atoms with Crippen molar-refractivity contribution in [3.63, 3.8) is 0 Å². The highest BCUT2D eigenvalue weighted by atomic mass is 16.2. The van der Waals surface area contributed by atoms with Crippen LogP contribution in [0.1, 0.15) is 51.7 Å². The first-order valence-corrected chi connectivity index (χ1v) is 13.1. The van der Waals surface area contributed by atoms with Crippen LogP contribution in [0.3, 0.4) is 0 Å². The molecule has 40 heavy (non-hydrogen) atoms. The second kappa shape index (κ2) is 31.6. The summed E-state index contributed by atoms with van der Waals surface area (Å²) in [6, 6.07) is 19.8. The Hall–Kier alpha value is -3.64. The third kappa shape index (κ3) is 38.9. The van der Waals surface area contributed by atoms with Gasteiger partial charge >= 0.3 is 0 Å². The quantitative estimate of drug-likeness (QED) is 0.207. The number of amides is 3. The molecule has 0 spiro atoms. The minimum absolute atomic E-state index is 0.00820. The third-order valence-corrected chi connectivity index (χ3v) is 4.23. The van der Waals surface area contributed by atoms with Gasteiger partial charge in [-0.1, -0.05) is 60.7 Å². The maximum Gasteiger partial charge on any atom is 0.217 e. The Morgan fingerprint density at radius 1 is 0.575 bits per heavy atom. The summed E-state index contributed by atoms with van der Waals surface area (Å²) >= 11 is 0. The van der Waals surface area contributed by atoms with Crippen LogP contribution >= 0.6 is 0 Å². The number of carbonyl (C=O) groups is 4. The summed E-state index contributed by atoms with van der Waals surface area (Å²) in [6.45, 7) is 10.2. The predicted molar refractivity (Wildman–Crippen MR) is 163 cm³/mol. The molecule has 11 nitrogen and oxygen atoms in total. The summed E-state index contributed by atoms with van der Waals surface area (Å²) < 4.78 is 0. The van der Waals surface area contributed by atoms with Gasteiger partial charge in [0.15, 0.2) is 0 Å². The second-order valence-corrected chi connectivity index (χ2v) is 8.22. The molecule has 0 fully saturated rings. The van der Waals surface area contributed by atoms with Crippen molar-refractivity contribution < 1.29 is 19.2 Å². The zero-order valence-corrected chi connectivity index (χ0v) is 24.6. The Labute approximate surface area is 239 Å². The first kappa shape index (κ1) is 40.9. The number of carbonyl (C=O) groups excluding carboxylic acids is 4. The number of nitrogens with two attached hydrogens (primary N) is 4. The van der Waals surface area contributed by atoms with Crippen molar-refractivity contribution in [2.45, 2.75) is 53.6 Å². The molecular weight excluding hydrogens is 510 g/mol. The lowest BCUT2D eigenvalue weighted by Crippen LogP contribution is -2.26. The van der Waals surface area contributed by atoms with Crippen LogP contribution in [-0.2, 0) is 32.3 Å². The maximum atomic E-state index is 10.5. The van der Waals surface area contributed by atoms with Gasteiger partial charge in [-0.15, -0.1) is 0 Å². The highest BCUT2D eigenvalue weighted by molar-refractivity contribution is 5.75. The van der Waals surface area contributed by atoms with Gasteiger partial charge in [-0.3, -0.25) is 14.4 Å². The fraction of sp³-hybridized carbons (Fsp3) is 0.448. The molecule has 0 atom stereocenters. The van der Waals surface area contributed by atoms with Crippen LogP contribution in [0.5, 0.6) is 0 Å². The minimum Gasteiger partial charge on any atom is -0.356 e. The number of hydrogen-bond donors (Lipinski definition) is 7. The lowest BCUT2D eigenvalue weighted by Gasteiger charge is -2.00. The van der Waals surface area contributed by atoms with E-state index in [2.05, 4.69) is 16.0 Å². The zero-order chi connectivity index (χ0) is 31.0. The molecule has 0 radical (unpaired) electrons. The van der Waals surface area contributed by atoms with Crippen LogP contribution in [-0.4, -0.2) is 56.2 Å². The van der Waals surface area contributed by atoms with E-state index in [1.54, 1.807) is 6.92 Å². The molecule has 0 bridgehead atoms. The number of rotatable bonds is 10. The molecule has 11 N–H and O–H groups in total. The van der Waals surface area contributed by atoms with Gasteiger partial charge < -0.3 is 43.7 Å². The Balaban J connectivity index is -0.000000442. The topological polar surface area (TPSA) is 208 Å². The van der Waals surface area contributed by atoms with E-state index in [1.165, 1.54) is 26.3 Å². The van der Waals surface area contributed by atoms with E-state index >= 15 is 0 Å². The van der Waals surface area contributed by atoms with Gasteiger partial charge in [0.1, 0.15) is 5.78 Å².